The minimum atomic E-state index is 0.408. The molecule has 0 fully saturated rings. The first kappa shape index (κ1) is 8.73. The predicted octanol–water partition coefficient (Wildman–Crippen LogP) is 0.499. The van der Waals surface area contributed by atoms with Crippen LogP contribution in [0.25, 0.3) is 0 Å². The first-order valence-corrected chi connectivity index (χ1v) is 4.41. The SMILES string of the molecule is Cc1c(Br)nc(Br)c(N)[n+]1N. The molecular weight excluding hydrogens is 276 g/mol. The average molecular weight is 283 g/mol. The van der Waals surface area contributed by atoms with Gasteiger partial charge in [0.2, 0.25) is 0 Å². The number of aromatic nitrogens is 2. The van der Waals surface area contributed by atoms with Crippen LogP contribution in [0.15, 0.2) is 9.21 Å². The van der Waals surface area contributed by atoms with Crippen LogP contribution in [0, 0.1) is 6.92 Å². The Kier molecular flexibility index (Phi) is 2.34. The van der Waals surface area contributed by atoms with E-state index < -0.39 is 0 Å². The fourth-order valence-corrected chi connectivity index (χ4v) is 1.58. The van der Waals surface area contributed by atoms with Gasteiger partial charge in [0.15, 0.2) is 14.9 Å². The molecule has 0 amide bonds. The number of halogens is 2. The summed E-state index contributed by atoms with van der Waals surface area (Å²) in [5.74, 6) is 5.98. The van der Waals surface area contributed by atoms with Crippen LogP contribution in [-0.2, 0) is 0 Å². The Morgan fingerprint density at radius 2 is 1.91 bits per heavy atom. The summed E-state index contributed by atoms with van der Waals surface area (Å²) in [5, 5.41) is 0. The Morgan fingerprint density at radius 3 is 2.45 bits per heavy atom. The second-order valence-corrected chi connectivity index (χ2v) is 3.54. The van der Waals surface area contributed by atoms with Gasteiger partial charge in [0.1, 0.15) is 0 Å². The number of nitrogens with zero attached hydrogens (tertiary/aromatic N) is 2. The van der Waals surface area contributed by atoms with E-state index in [0.717, 1.165) is 5.69 Å². The van der Waals surface area contributed by atoms with Gasteiger partial charge in [-0.25, -0.2) is 4.98 Å². The van der Waals surface area contributed by atoms with Crippen molar-refractivity contribution in [2.75, 3.05) is 11.6 Å². The van der Waals surface area contributed by atoms with E-state index in [-0.39, 0.29) is 0 Å². The molecule has 0 saturated carbocycles. The summed E-state index contributed by atoms with van der Waals surface area (Å²) in [4.78, 5) is 4.04. The molecule has 4 nitrogen and oxygen atoms in total. The van der Waals surface area contributed by atoms with Crippen molar-refractivity contribution in [1.29, 1.82) is 0 Å². The smallest absolute Gasteiger partial charge is 0.283 e. The zero-order valence-electron chi connectivity index (χ0n) is 5.81. The van der Waals surface area contributed by atoms with Gasteiger partial charge in [-0.3, -0.25) is 11.6 Å². The van der Waals surface area contributed by atoms with Gasteiger partial charge in [-0.1, -0.05) is 0 Å². The second kappa shape index (κ2) is 2.94. The van der Waals surface area contributed by atoms with Crippen molar-refractivity contribution in [2.24, 2.45) is 0 Å². The maximum atomic E-state index is 5.58. The van der Waals surface area contributed by atoms with Gasteiger partial charge in [0, 0.05) is 6.92 Å². The highest BCUT2D eigenvalue weighted by Gasteiger charge is 2.14. The first-order valence-electron chi connectivity index (χ1n) is 2.82. The zero-order valence-corrected chi connectivity index (χ0v) is 8.98. The number of hydrogen-bond acceptors (Lipinski definition) is 3. The minimum Gasteiger partial charge on any atom is -0.283 e. The van der Waals surface area contributed by atoms with Crippen molar-refractivity contribution in [2.45, 2.75) is 6.92 Å². The molecule has 11 heavy (non-hydrogen) atoms. The molecule has 1 heterocycles. The number of nitrogens with two attached hydrogens (primary N) is 2. The van der Waals surface area contributed by atoms with E-state index in [1.165, 1.54) is 4.68 Å². The fourth-order valence-electron chi connectivity index (χ4n) is 0.604. The van der Waals surface area contributed by atoms with Crippen LogP contribution in [0.5, 0.6) is 0 Å². The summed E-state index contributed by atoms with van der Waals surface area (Å²) in [6, 6.07) is 0. The molecule has 0 bridgehead atoms. The minimum absolute atomic E-state index is 0.408. The van der Waals surface area contributed by atoms with E-state index in [9.17, 15) is 0 Å². The number of anilines is 1. The maximum Gasteiger partial charge on any atom is 0.329 e. The predicted molar refractivity (Wildman–Crippen MR) is 49.1 cm³/mol. The molecule has 1 rings (SSSR count). The molecule has 0 aliphatic rings. The molecule has 4 N–H and O–H groups in total. The summed E-state index contributed by atoms with van der Waals surface area (Å²) < 4.78 is 2.58. The molecule has 0 spiro atoms. The molecular formula is C5H7Br2N4+. The normalized spacial score (nSPS) is 10.1. The first-order chi connectivity index (χ1) is 5.04. The van der Waals surface area contributed by atoms with Gasteiger partial charge in [-0.2, -0.15) is 0 Å². The number of hydrogen-bond donors (Lipinski definition) is 2. The van der Waals surface area contributed by atoms with Crippen molar-refractivity contribution in [3.63, 3.8) is 0 Å². The van der Waals surface area contributed by atoms with Crippen LogP contribution >= 0.6 is 31.9 Å². The summed E-state index contributed by atoms with van der Waals surface area (Å²) >= 11 is 6.40. The highest BCUT2D eigenvalue weighted by Crippen LogP contribution is 2.17. The monoisotopic (exact) mass is 281 g/mol. The van der Waals surface area contributed by atoms with Gasteiger partial charge in [-0.05, 0) is 31.9 Å². The van der Waals surface area contributed by atoms with E-state index in [1.54, 1.807) is 0 Å². The lowest BCUT2D eigenvalue weighted by atomic mass is 10.5. The van der Waals surface area contributed by atoms with Crippen molar-refractivity contribution < 1.29 is 4.68 Å². The summed E-state index contributed by atoms with van der Waals surface area (Å²) in [6.07, 6.45) is 0. The Labute approximate surface area is 80.8 Å². The Bertz CT molecular complexity index is 273. The topological polar surface area (TPSA) is 68.8 Å². The fraction of sp³-hybridized carbons (Fsp3) is 0.200. The van der Waals surface area contributed by atoms with Gasteiger partial charge in [0.25, 0.3) is 0 Å². The molecule has 0 aliphatic carbocycles. The molecule has 0 aromatic carbocycles. The van der Waals surface area contributed by atoms with Crippen molar-refractivity contribution >= 4 is 37.7 Å². The molecule has 0 saturated heterocycles. The van der Waals surface area contributed by atoms with Gasteiger partial charge in [-0.15, -0.1) is 4.68 Å². The molecule has 0 unspecified atom stereocenters. The van der Waals surface area contributed by atoms with E-state index in [0.29, 0.717) is 15.0 Å². The van der Waals surface area contributed by atoms with Crippen LogP contribution in [-0.4, -0.2) is 4.98 Å². The third-order valence-corrected chi connectivity index (χ3v) is 2.66. The van der Waals surface area contributed by atoms with Crippen LogP contribution in [0.1, 0.15) is 5.69 Å². The molecule has 0 radical (unpaired) electrons. The number of rotatable bonds is 0. The highest BCUT2D eigenvalue weighted by molar-refractivity contribution is 9.11. The van der Waals surface area contributed by atoms with Gasteiger partial charge >= 0.3 is 5.82 Å². The molecule has 0 atom stereocenters. The van der Waals surface area contributed by atoms with E-state index in [2.05, 4.69) is 36.8 Å². The molecule has 6 heteroatoms. The highest BCUT2D eigenvalue weighted by atomic mass is 79.9. The van der Waals surface area contributed by atoms with E-state index in [1.807, 2.05) is 6.92 Å². The summed E-state index contributed by atoms with van der Waals surface area (Å²) in [7, 11) is 0. The zero-order chi connectivity index (χ0) is 8.59. The lowest BCUT2D eigenvalue weighted by molar-refractivity contribution is -0.632. The largest absolute Gasteiger partial charge is 0.329 e. The lowest BCUT2D eigenvalue weighted by Crippen LogP contribution is -2.50. The van der Waals surface area contributed by atoms with Crippen LogP contribution < -0.4 is 16.3 Å². The maximum absolute atomic E-state index is 5.58. The third kappa shape index (κ3) is 1.46. The summed E-state index contributed by atoms with van der Waals surface area (Å²) in [5.41, 5.74) is 6.34. The Balaban J connectivity index is 3.46. The van der Waals surface area contributed by atoms with Crippen molar-refractivity contribution in [3.05, 3.63) is 14.9 Å². The summed E-state index contributed by atoms with van der Waals surface area (Å²) in [6.45, 7) is 1.82. The van der Waals surface area contributed by atoms with Gasteiger partial charge in [0.05, 0.1) is 0 Å². The Hall–Kier alpha value is -0.360. The van der Waals surface area contributed by atoms with Crippen LogP contribution in [0.3, 0.4) is 0 Å². The second-order valence-electron chi connectivity index (χ2n) is 2.03. The van der Waals surface area contributed by atoms with Crippen LogP contribution in [0.4, 0.5) is 5.82 Å². The lowest BCUT2D eigenvalue weighted by Gasteiger charge is -2.01. The average Bonchev–Trinajstić information content (AvgIpc) is 1.97. The van der Waals surface area contributed by atoms with Crippen molar-refractivity contribution in [1.82, 2.24) is 4.98 Å². The Morgan fingerprint density at radius 1 is 1.36 bits per heavy atom. The third-order valence-electron chi connectivity index (χ3n) is 1.33. The molecule has 0 aliphatic heterocycles. The van der Waals surface area contributed by atoms with E-state index in [4.69, 9.17) is 11.6 Å². The molecule has 1 aromatic rings. The standard InChI is InChI=1S/C5H6Br2N4/c1-2-3(6)10-4(7)5(8)11(2)9/h8H,9H2,1H3/p+1. The van der Waals surface area contributed by atoms with E-state index >= 15 is 0 Å². The van der Waals surface area contributed by atoms with Crippen molar-refractivity contribution in [3.8, 4) is 0 Å². The molecule has 1 aromatic heterocycles. The quantitative estimate of drug-likeness (QED) is 0.538. The van der Waals surface area contributed by atoms with Gasteiger partial charge < -0.3 is 0 Å². The molecule has 60 valence electrons. The van der Waals surface area contributed by atoms with Crippen LogP contribution in [0.2, 0.25) is 0 Å². The number of nitrogen functional groups attached to an aromatic ring is 2.